The van der Waals surface area contributed by atoms with Crippen LogP contribution in [0.3, 0.4) is 0 Å². The Morgan fingerprint density at radius 2 is 1.95 bits per heavy atom. The highest BCUT2D eigenvalue weighted by Crippen LogP contribution is 2.76. The van der Waals surface area contributed by atoms with Crippen LogP contribution in [0, 0.1) is 34.0 Å². The molecule has 5 rings (SSSR count). The zero-order chi connectivity index (χ0) is 15.3. The van der Waals surface area contributed by atoms with Gasteiger partial charge in [-0.2, -0.15) is 0 Å². The molecule has 3 nitrogen and oxygen atoms in total. The average Bonchev–Trinajstić information content (AvgIpc) is 3.20. The summed E-state index contributed by atoms with van der Waals surface area (Å²) in [4.78, 5) is 0. The van der Waals surface area contributed by atoms with Gasteiger partial charge in [0.2, 0.25) is 0 Å². The van der Waals surface area contributed by atoms with Crippen LogP contribution in [0.5, 0.6) is 0 Å². The third kappa shape index (κ3) is 1.41. The molecule has 0 amide bonds. The largest absolute Gasteiger partial charge is 0.396 e. The summed E-state index contributed by atoms with van der Waals surface area (Å²) in [7, 11) is 0. The minimum Gasteiger partial charge on any atom is -0.396 e. The maximum absolute atomic E-state index is 10.6. The van der Waals surface area contributed by atoms with E-state index in [-0.39, 0.29) is 23.5 Å². The molecule has 0 aromatic heterocycles. The van der Waals surface area contributed by atoms with Gasteiger partial charge in [-0.3, -0.25) is 0 Å². The molecule has 0 aromatic rings. The molecule has 2 N–H and O–H groups in total. The van der Waals surface area contributed by atoms with E-state index in [9.17, 15) is 10.2 Å². The first-order valence-corrected chi connectivity index (χ1v) is 9.39. The number of hydrogen-bond acceptors (Lipinski definition) is 3. The van der Waals surface area contributed by atoms with Crippen LogP contribution >= 0.6 is 0 Å². The van der Waals surface area contributed by atoms with Gasteiger partial charge in [-0.15, -0.1) is 0 Å². The van der Waals surface area contributed by atoms with E-state index in [4.69, 9.17) is 4.74 Å². The summed E-state index contributed by atoms with van der Waals surface area (Å²) >= 11 is 0. The van der Waals surface area contributed by atoms with Crippen molar-refractivity contribution in [2.75, 3.05) is 6.61 Å². The van der Waals surface area contributed by atoms with Crippen molar-refractivity contribution in [2.24, 2.45) is 34.0 Å². The van der Waals surface area contributed by atoms with E-state index in [1.807, 2.05) is 0 Å². The molecule has 1 spiro atoms. The van der Waals surface area contributed by atoms with Crippen LogP contribution in [-0.2, 0) is 4.74 Å². The van der Waals surface area contributed by atoms with Gasteiger partial charge in [0, 0.05) is 5.41 Å². The van der Waals surface area contributed by atoms with Crippen LogP contribution in [0.4, 0.5) is 0 Å². The third-order valence-corrected chi connectivity index (χ3v) is 9.19. The van der Waals surface area contributed by atoms with Gasteiger partial charge in [0.05, 0.1) is 24.9 Å². The van der Waals surface area contributed by atoms with Crippen molar-refractivity contribution in [1.82, 2.24) is 0 Å². The minimum absolute atomic E-state index is 0.126. The Labute approximate surface area is 133 Å². The third-order valence-electron chi connectivity index (χ3n) is 9.19. The summed E-state index contributed by atoms with van der Waals surface area (Å²) in [6, 6.07) is 0. The quantitative estimate of drug-likeness (QED) is 0.732. The second kappa shape index (κ2) is 4.10. The molecule has 1 aliphatic heterocycles. The Morgan fingerprint density at radius 1 is 1.14 bits per heavy atom. The number of aliphatic hydroxyl groups excluding tert-OH is 2. The molecule has 3 heteroatoms. The lowest BCUT2D eigenvalue weighted by molar-refractivity contribution is -0.206. The van der Waals surface area contributed by atoms with Gasteiger partial charge in [-0.25, -0.2) is 0 Å². The normalized spacial score (nSPS) is 65.5. The Balaban J connectivity index is 1.60. The van der Waals surface area contributed by atoms with Crippen molar-refractivity contribution in [3.63, 3.8) is 0 Å². The van der Waals surface area contributed by atoms with Crippen molar-refractivity contribution in [1.29, 1.82) is 0 Å². The van der Waals surface area contributed by atoms with E-state index in [0.29, 0.717) is 23.5 Å². The molecule has 0 radical (unpaired) electrons. The molecule has 22 heavy (non-hydrogen) atoms. The van der Waals surface area contributed by atoms with Gasteiger partial charge in [0.15, 0.2) is 0 Å². The lowest BCUT2D eigenvalue weighted by Gasteiger charge is -2.65. The Morgan fingerprint density at radius 3 is 2.73 bits per heavy atom. The lowest BCUT2D eigenvalue weighted by Crippen LogP contribution is -2.62. The summed E-state index contributed by atoms with van der Waals surface area (Å²) in [6.07, 6.45) is 9.25. The first-order valence-electron chi connectivity index (χ1n) is 9.39. The Hall–Kier alpha value is -0.120. The molecule has 2 bridgehead atoms. The fourth-order valence-electron chi connectivity index (χ4n) is 7.96. The van der Waals surface area contributed by atoms with Gasteiger partial charge < -0.3 is 14.9 Å². The van der Waals surface area contributed by atoms with E-state index in [2.05, 4.69) is 13.8 Å². The molecule has 4 saturated carbocycles. The fourth-order valence-corrected chi connectivity index (χ4v) is 7.96. The van der Waals surface area contributed by atoms with Crippen LogP contribution in [0.2, 0.25) is 0 Å². The number of rotatable bonds is 1. The predicted molar refractivity (Wildman–Crippen MR) is 83.2 cm³/mol. The Bertz CT molecular complexity index is 503. The summed E-state index contributed by atoms with van der Waals surface area (Å²) in [6.45, 7) is 4.78. The van der Waals surface area contributed by atoms with E-state index >= 15 is 0 Å². The monoisotopic (exact) mass is 306 g/mol. The number of hydrogen-bond donors (Lipinski definition) is 2. The van der Waals surface area contributed by atoms with Crippen LogP contribution in [0.15, 0.2) is 0 Å². The zero-order valence-electron chi connectivity index (χ0n) is 13.9. The fraction of sp³-hybridized carbons (Fsp3) is 1.00. The molecule has 0 unspecified atom stereocenters. The van der Waals surface area contributed by atoms with E-state index in [0.717, 1.165) is 24.7 Å². The Kier molecular flexibility index (Phi) is 2.65. The van der Waals surface area contributed by atoms with Gasteiger partial charge in [-0.1, -0.05) is 13.8 Å². The summed E-state index contributed by atoms with van der Waals surface area (Å²) in [5, 5.41) is 20.7. The number of epoxide rings is 1. The van der Waals surface area contributed by atoms with Crippen LogP contribution in [-0.4, -0.2) is 35.1 Å². The molecule has 9 atom stereocenters. The molecule has 0 aromatic carbocycles. The highest BCUT2D eigenvalue weighted by Gasteiger charge is 2.72. The maximum Gasteiger partial charge on any atom is 0.0870 e. The molecule has 1 heterocycles. The topological polar surface area (TPSA) is 53.0 Å². The van der Waals surface area contributed by atoms with Gasteiger partial charge in [-0.05, 0) is 73.5 Å². The second-order valence-electron chi connectivity index (χ2n) is 9.66. The molecule has 1 saturated heterocycles. The molecule has 4 aliphatic carbocycles. The minimum atomic E-state index is -0.339. The van der Waals surface area contributed by atoms with Crippen molar-refractivity contribution < 1.29 is 14.9 Å². The van der Waals surface area contributed by atoms with Crippen molar-refractivity contribution in [3.8, 4) is 0 Å². The molecular formula is C19H30O3. The first-order chi connectivity index (χ1) is 10.4. The average molecular weight is 306 g/mol. The van der Waals surface area contributed by atoms with Crippen LogP contribution in [0.1, 0.15) is 58.8 Å². The number of ether oxygens (including phenoxy) is 1. The molecule has 5 aliphatic rings. The maximum atomic E-state index is 10.6. The van der Waals surface area contributed by atoms with Crippen LogP contribution in [0.25, 0.3) is 0 Å². The predicted octanol–water partition coefficient (Wildman–Crippen LogP) is 2.74. The van der Waals surface area contributed by atoms with Gasteiger partial charge in [0.25, 0.3) is 0 Å². The zero-order valence-corrected chi connectivity index (χ0v) is 13.9. The van der Waals surface area contributed by atoms with E-state index < -0.39 is 0 Å². The van der Waals surface area contributed by atoms with Crippen LogP contribution < -0.4 is 0 Å². The van der Waals surface area contributed by atoms with E-state index in [1.165, 1.54) is 32.1 Å². The second-order valence-corrected chi connectivity index (χ2v) is 9.66. The van der Waals surface area contributed by atoms with Gasteiger partial charge in [0.1, 0.15) is 0 Å². The standard InChI is InChI=1S/C19H30O3/c1-17(10-20)14-4-3-12-7-11-8-19(12,9-13-16(11)22-13)18(14,2)6-5-15(17)21/h11-16,20-21H,3-10H2,1-2H3/t11-,12+,13-,14+,15-,16+,17+,18+,19-/m1/s1. The molecular weight excluding hydrogens is 276 g/mol. The van der Waals surface area contributed by atoms with Gasteiger partial charge >= 0.3 is 0 Å². The number of fused-ring (bicyclic) bond motifs is 4. The van der Waals surface area contributed by atoms with Crippen molar-refractivity contribution >= 4 is 0 Å². The van der Waals surface area contributed by atoms with Crippen molar-refractivity contribution in [3.05, 3.63) is 0 Å². The smallest absolute Gasteiger partial charge is 0.0870 e. The number of aliphatic hydroxyl groups is 2. The van der Waals surface area contributed by atoms with E-state index in [1.54, 1.807) is 0 Å². The first kappa shape index (κ1) is 14.2. The highest BCUT2D eigenvalue weighted by molar-refractivity contribution is 5.21. The SMILES string of the molecule is C[C@@]1(CO)[C@H](O)CC[C@@]2(C)[C@H]1CC[C@H]1C[C@@H]3C[C@@]12C[C@H]1O[C@@H]31. The molecule has 124 valence electrons. The summed E-state index contributed by atoms with van der Waals surface area (Å²) < 4.78 is 5.98. The lowest BCUT2D eigenvalue weighted by atomic mass is 9.39. The summed E-state index contributed by atoms with van der Waals surface area (Å²) in [5.74, 6) is 2.12. The summed E-state index contributed by atoms with van der Waals surface area (Å²) in [5.41, 5.74) is 0.388. The highest BCUT2D eigenvalue weighted by atomic mass is 16.6. The van der Waals surface area contributed by atoms with Crippen molar-refractivity contribution in [2.45, 2.75) is 77.1 Å². The molecule has 5 fully saturated rings.